The highest BCUT2D eigenvalue weighted by molar-refractivity contribution is 6.31. The summed E-state index contributed by atoms with van der Waals surface area (Å²) in [5, 5.41) is 24.3. The van der Waals surface area contributed by atoms with Gasteiger partial charge in [0.2, 0.25) is 0 Å². The molecule has 51 heavy (non-hydrogen) atoms. The molecule has 6 saturated carbocycles. The first-order valence-electron chi connectivity index (χ1n) is 19.8. The lowest BCUT2D eigenvalue weighted by atomic mass is 9.32. The van der Waals surface area contributed by atoms with E-state index in [0.717, 1.165) is 38.0 Å². The van der Waals surface area contributed by atoms with E-state index in [9.17, 15) is 19.8 Å². The SMILES string of the molecule is CCOC(=O)N(C[C@@H]1CC[C@H]2C[C@@H]1C2(C)C)C[C@]1(O)CC[C@H]2[C@]34C=C[C@@]5(C=C3C(=O)Cc3c(F)cccc3Cl)CC(O)CC[C@]5(C)[C@H]4CC[C@@]21C. The topological polar surface area (TPSA) is 87.1 Å². The van der Waals surface area contributed by atoms with E-state index in [1.165, 1.54) is 18.9 Å². The Morgan fingerprint density at radius 1 is 1.00 bits per heavy atom. The molecule has 278 valence electrons. The molecule has 0 aliphatic heterocycles. The Labute approximate surface area is 308 Å². The van der Waals surface area contributed by atoms with Gasteiger partial charge in [0, 0.05) is 45.4 Å². The van der Waals surface area contributed by atoms with Crippen LogP contribution >= 0.6 is 11.6 Å². The lowest BCUT2D eigenvalue weighted by Gasteiger charge is -2.71. The molecule has 2 spiro atoms. The molecule has 8 heteroatoms. The van der Waals surface area contributed by atoms with Crippen molar-refractivity contribution in [3.63, 3.8) is 0 Å². The summed E-state index contributed by atoms with van der Waals surface area (Å²) in [7, 11) is 0. The molecule has 6 nitrogen and oxygen atoms in total. The zero-order valence-corrected chi connectivity index (χ0v) is 31.9. The first kappa shape index (κ1) is 35.8. The molecule has 2 N–H and O–H groups in total. The summed E-state index contributed by atoms with van der Waals surface area (Å²) in [5.41, 5.74) is -1.89. The predicted octanol–water partition coefficient (Wildman–Crippen LogP) is 8.71. The van der Waals surface area contributed by atoms with E-state index in [0.29, 0.717) is 43.2 Å². The summed E-state index contributed by atoms with van der Waals surface area (Å²) in [6.07, 6.45) is 14.2. The number of hydrogen-bond acceptors (Lipinski definition) is 5. The molecule has 1 unspecified atom stereocenters. The van der Waals surface area contributed by atoms with Gasteiger partial charge < -0.3 is 19.8 Å². The first-order chi connectivity index (χ1) is 24.0. The molecule has 4 bridgehead atoms. The molecule has 0 saturated heterocycles. The van der Waals surface area contributed by atoms with Gasteiger partial charge in [-0.05, 0) is 124 Å². The van der Waals surface area contributed by atoms with Gasteiger partial charge in [0.15, 0.2) is 5.78 Å². The molecule has 1 aromatic rings. The summed E-state index contributed by atoms with van der Waals surface area (Å²) >= 11 is 6.49. The summed E-state index contributed by atoms with van der Waals surface area (Å²) in [4.78, 5) is 30.3. The number of rotatable bonds is 8. The van der Waals surface area contributed by atoms with Crippen LogP contribution in [0.3, 0.4) is 0 Å². The number of benzene rings is 1. The Bertz CT molecular complexity index is 1670. The Kier molecular flexibility index (Phi) is 8.34. The number of carbonyl (C=O) groups is 2. The molecular weight excluding hydrogens is 665 g/mol. The van der Waals surface area contributed by atoms with Gasteiger partial charge in [0.1, 0.15) is 5.82 Å². The molecule has 6 fully saturated rings. The lowest BCUT2D eigenvalue weighted by Crippen LogP contribution is -2.67. The second kappa shape index (κ2) is 11.9. The standard InChI is InChI=1S/C43H57ClFNO5/c1-6-51-37(49)46(24-26-10-11-27-20-30(26)38(27,2)3)25-42(50)17-14-36-40(42,5)16-13-35-39(4)15-12-28(47)22-41(39)18-19-43(35,36)31(23-41)34(48)21-29-32(44)8-7-9-33(29)45/h7-9,18-19,23,26-28,30,35-36,47,50H,6,10-17,20-22,24-25H2,1-5H3/t26-,27-,28?,30-,35+,36+,39+,40-,41-,42+,43+/m0/s1. The molecule has 0 heterocycles. The first-order valence-corrected chi connectivity index (χ1v) is 20.1. The number of carbonyl (C=O) groups excluding carboxylic acids is 2. The highest BCUT2D eigenvalue weighted by atomic mass is 35.5. The predicted molar refractivity (Wildman–Crippen MR) is 195 cm³/mol. The second-order valence-corrected chi connectivity index (χ2v) is 19.3. The van der Waals surface area contributed by atoms with Crippen LogP contribution in [-0.2, 0) is 16.0 Å². The highest BCUT2D eigenvalue weighted by Gasteiger charge is 2.74. The van der Waals surface area contributed by atoms with Crippen molar-refractivity contribution >= 4 is 23.5 Å². The maximum Gasteiger partial charge on any atom is 0.409 e. The molecule has 11 atom stereocenters. The van der Waals surface area contributed by atoms with Crippen LogP contribution in [0.5, 0.6) is 0 Å². The van der Waals surface area contributed by atoms with Gasteiger partial charge in [-0.2, -0.15) is 0 Å². The van der Waals surface area contributed by atoms with Crippen LogP contribution in [0, 0.1) is 62.5 Å². The van der Waals surface area contributed by atoms with Gasteiger partial charge in [-0.25, -0.2) is 9.18 Å². The molecule has 9 aliphatic carbocycles. The summed E-state index contributed by atoms with van der Waals surface area (Å²) in [6.45, 7) is 12.2. The molecule has 0 aromatic heterocycles. The summed E-state index contributed by atoms with van der Waals surface area (Å²) in [5.74, 6) is 1.14. The maximum atomic E-state index is 15.2. The number of amides is 1. The zero-order valence-electron chi connectivity index (χ0n) is 31.2. The molecule has 9 aliphatic rings. The number of ether oxygens (including phenoxy) is 1. The maximum absolute atomic E-state index is 15.2. The fourth-order valence-electron chi connectivity index (χ4n) is 13.8. The van der Waals surface area contributed by atoms with Crippen molar-refractivity contribution in [3.05, 3.63) is 58.4 Å². The largest absolute Gasteiger partial charge is 0.450 e. The van der Waals surface area contributed by atoms with E-state index in [1.54, 1.807) is 12.1 Å². The number of nitrogens with zero attached hydrogens (tertiary/aromatic N) is 1. The fraction of sp³-hybridized carbons (Fsp3) is 0.721. The van der Waals surface area contributed by atoms with Crippen molar-refractivity contribution < 1.29 is 28.9 Å². The van der Waals surface area contributed by atoms with Crippen LogP contribution in [0.15, 0.2) is 42.0 Å². The number of aliphatic hydroxyl groups excluding tert-OH is 1. The normalized spacial score (nSPS) is 44.1. The van der Waals surface area contributed by atoms with Crippen molar-refractivity contribution in [2.75, 3.05) is 19.7 Å². The van der Waals surface area contributed by atoms with E-state index < -0.39 is 33.8 Å². The Balaban J connectivity index is 1.17. The van der Waals surface area contributed by atoms with Crippen LogP contribution in [0.1, 0.15) is 104 Å². The van der Waals surface area contributed by atoms with E-state index in [1.807, 2.05) is 11.8 Å². The van der Waals surface area contributed by atoms with Gasteiger partial charge in [0.25, 0.3) is 0 Å². The molecule has 10 rings (SSSR count). The highest BCUT2D eigenvalue weighted by Crippen LogP contribution is 2.78. The second-order valence-electron chi connectivity index (χ2n) is 18.9. The Hall–Kier alpha value is -2.22. The molecule has 1 amide bonds. The van der Waals surface area contributed by atoms with Gasteiger partial charge in [-0.1, -0.05) is 63.6 Å². The summed E-state index contributed by atoms with van der Waals surface area (Å²) in [6, 6.07) is 4.54. The number of hydrogen-bond donors (Lipinski definition) is 2. The van der Waals surface area contributed by atoms with Crippen molar-refractivity contribution in [2.45, 2.75) is 117 Å². The molecule has 1 aromatic carbocycles. The number of allylic oxidation sites excluding steroid dienone is 4. The number of ketones is 1. The minimum atomic E-state index is -1.18. The van der Waals surface area contributed by atoms with Crippen LogP contribution < -0.4 is 0 Å². The molecular formula is C43H57ClFNO5. The smallest absolute Gasteiger partial charge is 0.409 e. The molecule has 0 radical (unpaired) electrons. The van der Waals surface area contributed by atoms with Gasteiger partial charge in [-0.15, -0.1) is 0 Å². The van der Waals surface area contributed by atoms with E-state index in [4.69, 9.17) is 16.3 Å². The minimum absolute atomic E-state index is 0.0664. The van der Waals surface area contributed by atoms with Gasteiger partial charge in [-0.3, -0.25) is 4.79 Å². The number of halogens is 2. The Morgan fingerprint density at radius 2 is 1.73 bits per heavy atom. The van der Waals surface area contributed by atoms with E-state index >= 15 is 4.39 Å². The number of fused-ring (bicyclic) bond motifs is 3. The third kappa shape index (κ3) is 4.84. The van der Waals surface area contributed by atoms with Gasteiger partial charge >= 0.3 is 6.09 Å². The Morgan fingerprint density at radius 3 is 2.43 bits per heavy atom. The van der Waals surface area contributed by atoms with Gasteiger partial charge in [0.05, 0.1) is 24.9 Å². The lowest BCUT2D eigenvalue weighted by molar-refractivity contribution is -0.179. The monoisotopic (exact) mass is 721 g/mol. The number of aliphatic hydroxyl groups is 2. The quantitative estimate of drug-likeness (QED) is 0.262. The average Bonchev–Trinajstić information content (AvgIpc) is 3.36. The van der Waals surface area contributed by atoms with Crippen LogP contribution in [-0.4, -0.2) is 58.4 Å². The zero-order chi connectivity index (χ0) is 36.4. The minimum Gasteiger partial charge on any atom is -0.450 e. The third-order valence-electron chi connectivity index (χ3n) is 16.8. The van der Waals surface area contributed by atoms with Crippen LogP contribution in [0.2, 0.25) is 5.02 Å². The van der Waals surface area contributed by atoms with Crippen molar-refractivity contribution in [3.8, 4) is 0 Å². The number of Topliss-reactive ketones (excluding diaryl/α,β-unsaturated/α-hetero) is 1. The van der Waals surface area contributed by atoms with E-state index in [2.05, 4.69) is 45.9 Å². The van der Waals surface area contributed by atoms with Crippen molar-refractivity contribution in [1.82, 2.24) is 4.90 Å². The van der Waals surface area contributed by atoms with Crippen molar-refractivity contribution in [1.29, 1.82) is 0 Å². The summed E-state index contributed by atoms with van der Waals surface area (Å²) < 4.78 is 20.8. The average molecular weight is 722 g/mol. The van der Waals surface area contributed by atoms with Crippen molar-refractivity contribution in [2.24, 2.45) is 56.7 Å². The van der Waals surface area contributed by atoms with E-state index in [-0.39, 0.29) is 64.7 Å². The van der Waals surface area contributed by atoms with Crippen LogP contribution in [0.4, 0.5) is 9.18 Å². The third-order valence-corrected chi connectivity index (χ3v) is 17.2. The van der Waals surface area contributed by atoms with Crippen LogP contribution in [0.25, 0.3) is 0 Å². The fourth-order valence-corrected chi connectivity index (χ4v) is 14.0.